The maximum atomic E-state index is 13.5. The first-order valence-electron chi connectivity index (χ1n) is 20.5. The first kappa shape index (κ1) is 43.8. The largest absolute Gasteiger partial charge is 0.501 e. The normalized spacial score (nSPS) is 19.3. The second-order valence-electron chi connectivity index (χ2n) is 19.5. The second-order valence-corrected chi connectivity index (χ2v) is 30.7. The molecule has 3 aromatic rings. The van der Waals surface area contributed by atoms with Gasteiger partial charge in [0.2, 0.25) is 0 Å². The fourth-order valence-corrected chi connectivity index (χ4v) is 8.91. The van der Waals surface area contributed by atoms with Gasteiger partial charge in [-0.3, -0.25) is 4.98 Å². The van der Waals surface area contributed by atoms with Crippen molar-refractivity contribution < 1.29 is 28.8 Å². The summed E-state index contributed by atoms with van der Waals surface area (Å²) in [6, 6.07) is 6.01. The van der Waals surface area contributed by atoms with E-state index in [1.54, 1.807) is 26.3 Å². The zero-order chi connectivity index (χ0) is 41.1. The topological polar surface area (TPSA) is 124 Å². The molecule has 0 radical (unpaired) electrons. The predicted molar refractivity (Wildman–Crippen MR) is 229 cm³/mol. The Labute approximate surface area is 337 Å². The van der Waals surface area contributed by atoms with Crippen LogP contribution in [0.25, 0.3) is 22.9 Å². The molecular weight excluding hydrogens is 741 g/mol. The van der Waals surface area contributed by atoms with Gasteiger partial charge in [-0.1, -0.05) is 45.3 Å². The summed E-state index contributed by atoms with van der Waals surface area (Å²) < 4.78 is 26.6. The molecule has 0 aliphatic carbocycles. The van der Waals surface area contributed by atoms with Gasteiger partial charge in [0.15, 0.2) is 5.65 Å². The molecule has 2 aliphatic rings. The molecular formula is C42H68N6O6Si2. The van der Waals surface area contributed by atoms with Crippen molar-refractivity contribution in [1.29, 1.82) is 0 Å². The van der Waals surface area contributed by atoms with E-state index >= 15 is 0 Å². The van der Waals surface area contributed by atoms with Crippen LogP contribution in [0.5, 0.6) is 0 Å². The van der Waals surface area contributed by atoms with Crippen LogP contribution in [0.2, 0.25) is 51.4 Å². The lowest BCUT2D eigenvalue weighted by Gasteiger charge is -2.40. The van der Waals surface area contributed by atoms with Crippen LogP contribution in [0, 0.1) is 0 Å². The Morgan fingerprint density at radius 1 is 0.946 bits per heavy atom. The molecule has 2 saturated heterocycles. The number of hydrogen-bond donors (Lipinski definition) is 1. The van der Waals surface area contributed by atoms with E-state index in [-0.39, 0.29) is 24.1 Å². The molecule has 0 saturated carbocycles. The molecule has 2 unspecified atom stereocenters. The van der Waals surface area contributed by atoms with Crippen molar-refractivity contribution >= 4 is 39.8 Å². The standard InChI is InChI=1S/C42H68N6O6Si2/c1-13-51-19-18-34-37(31-24-32-15-16-33(25-31)47(32)40(49)54-41(2,3)4)45-38-35(30-14-17-36(43-26-30)42(5,6)50)27-44-48(38)39(34)46(28-52-20-22-55(7,8)9)29-53-21-23-56(10,11)12/h14,17-19,26-27,31-33,50H,13,15-16,20-25,28-29H2,1-12H3/b19-18+. The second kappa shape index (κ2) is 17.7. The maximum Gasteiger partial charge on any atom is 0.410 e. The third kappa shape index (κ3) is 11.4. The van der Waals surface area contributed by atoms with Gasteiger partial charge >= 0.3 is 6.09 Å². The van der Waals surface area contributed by atoms with Crippen molar-refractivity contribution in [1.82, 2.24) is 24.5 Å². The summed E-state index contributed by atoms with van der Waals surface area (Å²) in [4.78, 5) is 27.8. The minimum absolute atomic E-state index is 0.0488. The molecule has 14 heteroatoms. The lowest BCUT2D eigenvalue weighted by atomic mass is 9.86. The van der Waals surface area contributed by atoms with E-state index < -0.39 is 27.3 Å². The molecule has 12 nitrogen and oxygen atoms in total. The van der Waals surface area contributed by atoms with Crippen LogP contribution < -0.4 is 4.90 Å². The minimum atomic E-state index is -1.34. The Morgan fingerprint density at radius 2 is 1.55 bits per heavy atom. The van der Waals surface area contributed by atoms with Gasteiger partial charge in [-0.15, -0.1) is 0 Å². The first-order valence-corrected chi connectivity index (χ1v) is 27.9. The third-order valence-electron chi connectivity index (χ3n) is 10.4. The number of pyridine rings is 1. The number of amides is 1. The summed E-state index contributed by atoms with van der Waals surface area (Å²) in [5.74, 6) is 0.869. The fourth-order valence-electron chi connectivity index (χ4n) is 7.39. The molecule has 5 heterocycles. The SMILES string of the molecule is CCO/C=C/c1c(C2CC3CCC(C2)N3C(=O)OC(C)(C)C)nc2c(-c3ccc(C(C)(C)O)nc3)cnn2c1N(COCC[Si](C)(C)C)COCC[Si](C)(C)C. The average molecular weight is 809 g/mol. The molecule has 0 aromatic carbocycles. The summed E-state index contributed by atoms with van der Waals surface area (Å²) in [5.41, 5.74) is 3.14. The first-order chi connectivity index (χ1) is 26.1. The van der Waals surface area contributed by atoms with Crippen LogP contribution in [0.1, 0.15) is 90.1 Å². The molecule has 5 rings (SSSR count). The quantitative estimate of drug-likeness (QED) is 0.0612. The molecule has 0 spiro atoms. The summed E-state index contributed by atoms with van der Waals surface area (Å²) in [6.07, 6.45) is 10.5. The number of aliphatic hydroxyl groups is 1. The van der Waals surface area contributed by atoms with Crippen LogP contribution >= 0.6 is 0 Å². The maximum absolute atomic E-state index is 13.5. The van der Waals surface area contributed by atoms with Gasteiger partial charge in [0, 0.05) is 70.3 Å². The van der Waals surface area contributed by atoms with Crippen molar-refractivity contribution in [3.63, 3.8) is 0 Å². The van der Waals surface area contributed by atoms with Crippen molar-refractivity contribution in [2.75, 3.05) is 38.2 Å². The third-order valence-corrected chi connectivity index (χ3v) is 13.8. The molecule has 2 aliphatic heterocycles. The van der Waals surface area contributed by atoms with E-state index in [0.29, 0.717) is 44.6 Å². The number of carbonyl (C=O) groups excluding carboxylic acids is 1. The van der Waals surface area contributed by atoms with Crippen molar-refractivity contribution in [2.45, 2.75) is 148 Å². The summed E-state index contributed by atoms with van der Waals surface area (Å²) in [6.45, 7) is 27.8. The average Bonchev–Trinajstić information content (AvgIpc) is 3.63. The van der Waals surface area contributed by atoms with Crippen LogP contribution in [0.3, 0.4) is 0 Å². The Hall–Kier alpha value is -3.31. The highest BCUT2D eigenvalue weighted by Gasteiger charge is 2.46. The lowest BCUT2D eigenvalue weighted by molar-refractivity contribution is 0.00567. The van der Waals surface area contributed by atoms with Gasteiger partial charge in [-0.25, -0.2) is 9.78 Å². The van der Waals surface area contributed by atoms with Crippen LogP contribution in [0.15, 0.2) is 30.8 Å². The van der Waals surface area contributed by atoms with Gasteiger partial charge in [-0.05, 0) is 91.5 Å². The molecule has 2 bridgehead atoms. The summed E-state index contributed by atoms with van der Waals surface area (Å²) >= 11 is 0. The van der Waals surface area contributed by atoms with E-state index in [2.05, 4.69) is 49.2 Å². The van der Waals surface area contributed by atoms with Gasteiger partial charge in [0.1, 0.15) is 30.5 Å². The molecule has 2 fully saturated rings. The zero-order valence-electron chi connectivity index (χ0n) is 36.1. The van der Waals surface area contributed by atoms with Gasteiger partial charge in [-0.2, -0.15) is 9.61 Å². The highest BCUT2D eigenvalue weighted by Crippen LogP contribution is 2.46. The van der Waals surface area contributed by atoms with Crippen LogP contribution in [-0.2, 0) is 24.5 Å². The minimum Gasteiger partial charge on any atom is -0.501 e. The Balaban J connectivity index is 1.66. The predicted octanol–water partition coefficient (Wildman–Crippen LogP) is 9.10. The number of anilines is 1. The number of aromatic nitrogens is 4. The van der Waals surface area contributed by atoms with Gasteiger partial charge in [0.05, 0.1) is 30.5 Å². The highest BCUT2D eigenvalue weighted by atomic mass is 28.3. The fraction of sp³-hybridized carbons (Fsp3) is 0.667. The molecule has 56 heavy (non-hydrogen) atoms. The van der Waals surface area contributed by atoms with E-state index in [1.807, 2.05) is 61.5 Å². The molecule has 1 amide bonds. The van der Waals surface area contributed by atoms with Gasteiger partial charge < -0.3 is 33.9 Å². The summed E-state index contributed by atoms with van der Waals surface area (Å²) in [7, 11) is -2.67. The Morgan fingerprint density at radius 3 is 2.05 bits per heavy atom. The Kier molecular flexibility index (Phi) is 13.8. The van der Waals surface area contributed by atoms with E-state index in [0.717, 1.165) is 66.0 Å². The van der Waals surface area contributed by atoms with E-state index in [1.165, 1.54) is 0 Å². The lowest BCUT2D eigenvalue weighted by Crippen LogP contribution is -2.48. The van der Waals surface area contributed by atoms with Gasteiger partial charge in [0.25, 0.3) is 0 Å². The van der Waals surface area contributed by atoms with Crippen LogP contribution in [-0.4, -0.2) is 103 Å². The zero-order valence-corrected chi connectivity index (χ0v) is 38.1. The van der Waals surface area contributed by atoms with Crippen molar-refractivity contribution in [3.05, 3.63) is 47.7 Å². The highest BCUT2D eigenvalue weighted by molar-refractivity contribution is 6.76. The molecule has 2 atom stereocenters. The van der Waals surface area contributed by atoms with Crippen molar-refractivity contribution in [2.24, 2.45) is 0 Å². The molecule has 1 N–H and O–H groups in total. The van der Waals surface area contributed by atoms with E-state index in [4.69, 9.17) is 29.0 Å². The van der Waals surface area contributed by atoms with Crippen LogP contribution in [0.4, 0.5) is 10.6 Å². The number of ether oxygens (including phenoxy) is 4. The Bertz CT molecular complexity index is 1770. The van der Waals surface area contributed by atoms with Crippen molar-refractivity contribution in [3.8, 4) is 11.1 Å². The number of rotatable bonds is 17. The number of carbonyl (C=O) groups is 1. The number of nitrogens with zero attached hydrogens (tertiary/aromatic N) is 6. The number of fused-ring (bicyclic) bond motifs is 3. The van der Waals surface area contributed by atoms with E-state index in [9.17, 15) is 9.90 Å². The molecule has 310 valence electrons. The smallest absolute Gasteiger partial charge is 0.410 e. The number of hydrogen-bond acceptors (Lipinski definition) is 10. The number of piperidine rings is 1. The molecule has 3 aromatic heterocycles. The summed E-state index contributed by atoms with van der Waals surface area (Å²) in [5, 5.41) is 15.6. The monoisotopic (exact) mass is 808 g/mol.